The van der Waals surface area contributed by atoms with Gasteiger partial charge in [-0.25, -0.2) is 0 Å². The van der Waals surface area contributed by atoms with Gasteiger partial charge in [0.25, 0.3) is 0 Å². The van der Waals surface area contributed by atoms with Crippen LogP contribution in [0, 0.1) is 0 Å². The maximum atomic E-state index is 3.55. The Morgan fingerprint density at radius 3 is 2.67 bits per heavy atom. The van der Waals surface area contributed by atoms with Crippen LogP contribution < -0.4 is 4.72 Å². The second kappa shape index (κ2) is 6.32. The third-order valence-electron chi connectivity index (χ3n) is 4.29. The summed E-state index contributed by atoms with van der Waals surface area (Å²) in [7, 11) is 2.20. The van der Waals surface area contributed by atoms with Crippen molar-refractivity contribution in [2.24, 2.45) is 0 Å². The van der Waals surface area contributed by atoms with Crippen LogP contribution in [-0.2, 0) is 6.42 Å². The SMILES string of the molecule is CC(C)c1cccc2c1SNC(=CN1CCN(C)CC1)C2. The zero-order valence-corrected chi connectivity index (χ0v) is 14.0. The van der Waals surface area contributed by atoms with Gasteiger partial charge in [-0.05, 0) is 36.0 Å². The smallest absolute Gasteiger partial charge is 0.0416 e. The van der Waals surface area contributed by atoms with Gasteiger partial charge in [0.1, 0.15) is 0 Å². The Hall–Kier alpha value is -1.13. The molecular weight excluding hydrogens is 278 g/mol. The Bertz CT molecular complexity index is 531. The molecule has 114 valence electrons. The number of nitrogens with one attached hydrogen (secondary N) is 1. The molecule has 0 bridgehead atoms. The summed E-state index contributed by atoms with van der Waals surface area (Å²) in [6.45, 7) is 9.12. The molecule has 2 heterocycles. The molecule has 0 unspecified atom stereocenters. The Balaban J connectivity index is 1.74. The average Bonchev–Trinajstić information content (AvgIpc) is 2.48. The van der Waals surface area contributed by atoms with Crippen molar-refractivity contribution in [3.05, 3.63) is 41.2 Å². The molecule has 1 N–H and O–H groups in total. The highest BCUT2D eigenvalue weighted by Gasteiger charge is 2.19. The molecule has 3 nitrogen and oxygen atoms in total. The van der Waals surface area contributed by atoms with E-state index in [1.54, 1.807) is 11.9 Å². The molecule has 2 aliphatic rings. The van der Waals surface area contributed by atoms with Crippen LogP contribution in [0.3, 0.4) is 0 Å². The number of hydrogen-bond donors (Lipinski definition) is 1. The Labute approximate surface area is 132 Å². The highest BCUT2D eigenvalue weighted by molar-refractivity contribution is 7.97. The Morgan fingerprint density at radius 1 is 1.19 bits per heavy atom. The largest absolute Gasteiger partial charge is 0.373 e. The first-order valence-electron chi connectivity index (χ1n) is 7.81. The van der Waals surface area contributed by atoms with Gasteiger partial charge in [0.15, 0.2) is 0 Å². The van der Waals surface area contributed by atoms with Gasteiger partial charge in [0, 0.05) is 49.4 Å². The standard InChI is InChI=1S/C17H25N3S/c1-13(2)16-6-4-5-14-11-15(18-21-17(14)16)12-20-9-7-19(3)8-10-20/h4-6,12-13,18H,7-11H2,1-3H3. The first kappa shape index (κ1) is 14.8. The zero-order valence-electron chi connectivity index (χ0n) is 13.2. The third-order valence-corrected chi connectivity index (χ3v) is 5.36. The summed E-state index contributed by atoms with van der Waals surface area (Å²) in [5.74, 6) is 0.581. The first-order chi connectivity index (χ1) is 10.1. The molecule has 0 amide bonds. The van der Waals surface area contributed by atoms with Crippen LogP contribution in [0.2, 0.25) is 0 Å². The topological polar surface area (TPSA) is 18.5 Å². The summed E-state index contributed by atoms with van der Waals surface area (Å²) in [6.07, 6.45) is 3.35. The van der Waals surface area contributed by atoms with E-state index < -0.39 is 0 Å². The summed E-state index contributed by atoms with van der Waals surface area (Å²) in [6, 6.07) is 6.73. The second-order valence-corrected chi connectivity index (χ2v) is 7.18. The molecule has 0 atom stereocenters. The average molecular weight is 303 g/mol. The van der Waals surface area contributed by atoms with E-state index in [9.17, 15) is 0 Å². The monoisotopic (exact) mass is 303 g/mol. The molecule has 21 heavy (non-hydrogen) atoms. The summed E-state index contributed by atoms with van der Waals surface area (Å²) in [5.41, 5.74) is 4.26. The molecular formula is C17H25N3S. The normalized spacial score (nSPS) is 21.5. The van der Waals surface area contributed by atoms with Gasteiger partial charge in [0.2, 0.25) is 0 Å². The van der Waals surface area contributed by atoms with Crippen LogP contribution in [0.25, 0.3) is 0 Å². The summed E-state index contributed by atoms with van der Waals surface area (Å²) in [4.78, 5) is 6.27. The van der Waals surface area contributed by atoms with E-state index in [-0.39, 0.29) is 0 Å². The van der Waals surface area contributed by atoms with Crippen molar-refractivity contribution in [3.63, 3.8) is 0 Å². The van der Waals surface area contributed by atoms with Crippen molar-refractivity contribution in [1.29, 1.82) is 0 Å². The van der Waals surface area contributed by atoms with E-state index in [4.69, 9.17) is 0 Å². The van der Waals surface area contributed by atoms with E-state index in [0.717, 1.165) is 32.6 Å². The number of rotatable bonds is 2. The van der Waals surface area contributed by atoms with E-state index in [0.29, 0.717) is 5.92 Å². The minimum Gasteiger partial charge on any atom is -0.373 e. The maximum Gasteiger partial charge on any atom is 0.0416 e. The lowest BCUT2D eigenvalue weighted by Gasteiger charge is -2.33. The van der Waals surface area contributed by atoms with E-state index >= 15 is 0 Å². The van der Waals surface area contributed by atoms with E-state index in [2.05, 4.69) is 59.8 Å². The van der Waals surface area contributed by atoms with Crippen LogP contribution in [0.4, 0.5) is 0 Å². The lowest BCUT2D eigenvalue weighted by molar-refractivity contribution is 0.197. The number of piperazine rings is 1. The molecule has 1 aromatic rings. The fourth-order valence-corrected chi connectivity index (χ4v) is 3.98. The highest BCUT2D eigenvalue weighted by Crippen LogP contribution is 2.35. The van der Waals surface area contributed by atoms with Gasteiger partial charge in [-0.1, -0.05) is 32.0 Å². The molecule has 3 rings (SSSR count). The van der Waals surface area contributed by atoms with Gasteiger partial charge in [-0.2, -0.15) is 0 Å². The van der Waals surface area contributed by atoms with Gasteiger partial charge < -0.3 is 14.5 Å². The Kier molecular flexibility index (Phi) is 4.45. The molecule has 0 radical (unpaired) electrons. The number of hydrogen-bond acceptors (Lipinski definition) is 4. The van der Waals surface area contributed by atoms with Crippen LogP contribution in [0.1, 0.15) is 30.9 Å². The third kappa shape index (κ3) is 3.38. The van der Waals surface area contributed by atoms with E-state index in [1.807, 2.05) is 0 Å². The maximum absolute atomic E-state index is 3.55. The lowest BCUT2D eigenvalue weighted by atomic mass is 9.98. The molecule has 1 aromatic carbocycles. The molecule has 1 fully saturated rings. The second-order valence-electron chi connectivity index (χ2n) is 6.36. The van der Waals surface area contributed by atoms with Crippen LogP contribution in [0.5, 0.6) is 0 Å². The van der Waals surface area contributed by atoms with Gasteiger partial charge in [0.05, 0.1) is 0 Å². The fraction of sp³-hybridized carbons (Fsp3) is 0.529. The quantitative estimate of drug-likeness (QED) is 0.846. The molecule has 0 aromatic heterocycles. The van der Waals surface area contributed by atoms with Crippen molar-refractivity contribution >= 4 is 11.9 Å². The van der Waals surface area contributed by atoms with Crippen molar-refractivity contribution in [2.45, 2.75) is 31.1 Å². The minimum absolute atomic E-state index is 0.581. The fourth-order valence-electron chi connectivity index (χ4n) is 2.92. The van der Waals surface area contributed by atoms with Crippen LogP contribution in [-0.4, -0.2) is 43.0 Å². The van der Waals surface area contributed by atoms with Crippen LogP contribution >= 0.6 is 11.9 Å². The van der Waals surface area contributed by atoms with Gasteiger partial charge >= 0.3 is 0 Å². The predicted octanol–water partition coefficient (Wildman–Crippen LogP) is 3.05. The van der Waals surface area contributed by atoms with Gasteiger partial charge in [-0.3, -0.25) is 0 Å². The predicted molar refractivity (Wildman–Crippen MR) is 90.4 cm³/mol. The molecule has 0 saturated carbocycles. The van der Waals surface area contributed by atoms with Crippen molar-refractivity contribution in [3.8, 4) is 0 Å². The number of fused-ring (bicyclic) bond motifs is 1. The molecule has 2 aliphatic heterocycles. The Morgan fingerprint density at radius 2 is 1.95 bits per heavy atom. The van der Waals surface area contributed by atoms with Crippen molar-refractivity contribution in [2.75, 3.05) is 33.2 Å². The van der Waals surface area contributed by atoms with Crippen molar-refractivity contribution in [1.82, 2.24) is 14.5 Å². The first-order valence-corrected chi connectivity index (χ1v) is 8.63. The van der Waals surface area contributed by atoms with Crippen LogP contribution in [0.15, 0.2) is 35.0 Å². The number of allylic oxidation sites excluding steroid dienone is 1. The molecule has 0 spiro atoms. The molecule has 4 heteroatoms. The van der Waals surface area contributed by atoms with E-state index in [1.165, 1.54) is 21.7 Å². The highest BCUT2D eigenvalue weighted by atomic mass is 32.2. The molecule has 1 saturated heterocycles. The lowest BCUT2D eigenvalue weighted by Crippen LogP contribution is -2.42. The van der Waals surface area contributed by atoms with Crippen molar-refractivity contribution < 1.29 is 0 Å². The number of likely N-dealkylation sites (N-methyl/N-ethyl adjacent to an activating group) is 1. The number of benzene rings is 1. The summed E-state index contributed by atoms with van der Waals surface area (Å²) in [5, 5.41) is 0. The summed E-state index contributed by atoms with van der Waals surface area (Å²) < 4.78 is 3.55. The minimum atomic E-state index is 0.581. The number of nitrogens with zero attached hydrogens (tertiary/aromatic N) is 2. The van der Waals surface area contributed by atoms with Gasteiger partial charge in [-0.15, -0.1) is 0 Å². The molecule has 0 aliphatic carbocycles. The zero-order chi connectivity index (χ0) is 14.8. The summed E-state index contributed by atoms with van der Waals surface area (Å²) >= 11 is 1.79.